The summed E-state index contributed by atoms with van der Waals surface area (Å²) in [5, 5.41) is 2.44. The molecule has 0 N–H and O–H groups in total. The third-order valence-electron chi connectivity index (χ3n) is 2.99. The molecule has 2 aromatic heterocycles. The molecule has 3 aromatic rings. The van der Waals surface area contributed by atoms with E-state index in [1.807, 2.05) is 39.0 Å². The fraction of sp³-hybridized carbons (Fsp3) is 0.214. The predicted octanol–water partition coefficient (Wildman–Crippen LogP) is 4.33. The molecule has 3 rings (SSSR count). The lowest BCUT2D eigenvalue weighted by molar-refractivity contribution is 1.17. The van der Waals surface area contributed by atoms with Gasteiger partial charge in [0.25, 0.3) is 0 Å². The fourth-order valence-electron chi connectivity index (χ4n) is 2.14. The van der Waals surface area contributed by atoms with Gasteiger partial charge >= 0.3 is 0 Å². The van der Waals surface area contributed by atoms with Crippen LogP contribution in [0.5, 0.6) is 0 Å². The van der Waals surface area contributed by atoms with Crippen LogP contribution in [-0.2, 0) is 0 Å². The molecule has 5 heteroatoms. The molecule has 3 nitrogen and oxygen atoms in total. The van der Waals surface area contributed by atoms with Gasteiger partial charge in [0.1, 0.15) is 5.15 Å². The SMILES string of the molecule is Cc1nc(C)c(-c2nc(Cl)c3c(C)cccc3n2)s1. The first-order valence-electron chi connectivity index (χ1n) is 5.93. The number of fused-ring (bicyclic) bond motifs is 1. The van der Waals surface area contributed by atoms with Gasteiger partial charge in [0.05, 0.1) is 21.1 Å². The molecule has 96 valence electrons. The van der Waals surface area contributed by atoms with Crippen LogP contribution in [0.15, 0.2) is 18.2 Å². The minimum atomic E-state index is 0.503. The van der Waals surface area contributed by atoms with Gasteiger partial charge in [-0.15, -0.1) is 11.3 Å². The lowest BCUT2D eigenvalue weighted by Gasteiger charge is -2.05. The number of halogens is 1. The third kappa shape index (κ3) is 2.11. The summed E-state index contributed by atoms with van der Waals surface area (Å²) in [4.78, 5) is 14.4. The average molecular weight is 290 g/mol. The van der Waals surface area contributed by atoms with Crippen molar-refractivity contribution in [1.82, 2.24) is 15.0 Å². The Balaban J connectivity index is 2.30. The maximum atomic E-state index is 6.31. The van der Waals surface area contributed by atoms with Crippen LogP contribution in [0.25, 0.3) is 21.6 Å². The molecule has 1 aromatic carbocycles. The number of hydrogen-bond donors (Lipinski definition) is 0. The van der Waals surface area contributed by atoms with Crippen LogP contribution >= 0.6 is 22.9 Å². The van der Waals surface area contributed by atoms with E-state index < -0.39 is 0 Å². The number of benzene rings is 1. The van der Waals surface area contributed by atoms with Gasteiger partial charge in [-0.05, 0) is 32.4 Å². The van der Waals surface area contributed by atoms with Gasteiger partial charge in [0.2, 0.25) is 0 Å². The first-order valence-corrected chi connectivity index (χ1v) is 7.13. The van der Waals surface area contributed by atoms with Gasteiger partial charge in [-0.3, -0.25) is 0 Å². The number of aryl methyl sites for hydroxylation is 3. The van der Waals surface area contributed by atoms with E-state index in [1.54, 1.807) is 11.3 Å². The molecule has 0 spiro atoms. The quantitative estimate of drug-likeness (QED) is 0.626. The smallest absolute Gasteiger partial charge is 0.173 e. The van der Waals surface area contributed by atoms with E-state index in [0.717, 1.165) is 32.0 Å². The second kappa shape index (κ2) is 4.54. The summed E-state index contributed by atoms with van der Waals surface area (Å²) in [5.74, 6) is 0.659. The topological polar surface area (TPSA) is 38.7 Å². The largest absolute Gasteiger partial charge is 0.246 e. The van der Waals surface area contributed by atoms with Gasteiger partial charge in [0.15, 0.2) is 5.82 Å². The van der Waals surface area contributed by atoms with Gasteiger partial charge in [-0.1, -0.05) is 23.7 Å². The molecular weight excluding hydrogens is 278 g/mol. The monoisotopic (exact) mass is 289 g/mol. The lowest BCUT2D eigenvalue weighted by atomic mass is 10.1. The second-order valence-corrected chi connectivity index (χ2v) is 6.02. The van der Waals surface area contributed by atoms with E-state index in [2.05, 4.69) is 15.0 Å². The van der Waals surface area contributed by atoms with Crippen LogP contribution < -0.4 is 0 Å². The van der Waals surface area contributed by atoms with Crippen molar-refractivity contribution in [1.29, 1.82) is 0 Å². The highest BCUT2D eigenvalue weighted by atomic mass is 35.5. The zero-order valence-corrected chi connectivity index (χ0v) is 12.4. The maximum absolute atomic E-state index is 6.31. The van der Waals surface area contributed by atoms with E-state index in [-0.39, 0.29) is 0 Å². The molecule has 0 atom stereocenters. The van der Waals surface area contributed by atoms with E-state index in [4.69, 9.17) is 11.6 Å². The van der Waals surface area contributed by atoms with E-state index >= 15 is 0 Å². The van der Waals surface area contributed by atoms with Crippen molar-refractivity contribution in [2.24, 2.45) is 0 Å². The second-order valence-electron chi connectivity index (χ2n) is 4.45. The van der Waals surface area contributed by atoms with E-state index in [0.29, 0.717) is 11.0 Å². The van der Waals surface area contributed by atoms with Crippen molar-refractivity contribution >= 4 is 33.8 Å². The number of nitrogens with zero attached hydrogens (tertiary/aromatic N) is 3. The van der Waals surface area contributed by atoms with Crippen molar-refractivity contribution < 1.29 is 0 Å². The number of thiazole rings is 1. The lowest BCUT2D eigenvalue weighted by Crippen LogP contribution is -1.93. The molecule has 0 bridgehead atoms. The zero-order valence-electron chi connectivity index (χ0n) is 10.9. The Morgan fingerprint density at radius 1 is 1.05 bits per heavy atom. The average Bonchev–Trinajstić information content (AvgIpc) is 2.68. The Morgan fingerprint density at radius 3 is 2.53 bits per heavy atom. The normalized spacial score (nSPS) is 11.2. The van der Waals surface area contributed by atoms with Crippen molar-refractivity contribution in [3.63, 3.8) is 0 Å². The molecule has 2 heterocycles. The number of rotatable bonds is 1. The highest BCUT2D eigenvalue weighted by Gasteiger charge is 2.14. The maximum Gasteiger partial charge on any atom is 0.173 e. The minimum absolute atomic E-state index is 0.503. The van der Waals surface area contributed by atoms with E-state index in [1.165, 1.54) is 0 Å². The zero-order chi connectivity index (χ0) is 13.6. The number of aromatic nitrogens is 3. The highest BCUT2D eigenvalue weighted by molar-refractivity contribution is 7.15. The Bertz CT molecular complexity index is 780. The molecule has 0 fully saturated rings. The fourth-order valence-corrected chi connectivity index (χ4v) is 3.32. The molecule has 0 aliphatic heterocycles. The van der Waals surface area contributed by atoms with Gasteiger partial charge in [-0.25, -0.2) is 15.0 Å². The van der Waals surface area contributed by atoms with Crippen LogP contribution in [-0.4, -0.2) is 15.0 Å². The first-order chi connectivity index (χ1) is 9.06. The van der Waals surface area contributed by atoms with Gasteiger partial charge < -0.3 is 0 Å². The molecule has 0 amide bonds. The number of hydrogen-bond acceptors (Lipinski definition) is 4. The molecule has 0 saturated heterocycles. The Hall–Kier alpha value is -1.52. The van der Waals surface area contributed by atoms with Crippen molar-refractivity contribution in [3.8, 4) is 10.7 Å². The Labute approximate surface area is 120 Å². The molecule has 0 aliphatic carbocycles. The molecule has 19 heavy (non-hydrogen) atoms. The summed E-state index contributed by atoms with van der Waals surface area (Å²) in [6.07, 6.45) is 0. The highest BCUT2D eigenvalue weighted by Crippen LogP contribution is 2.31. The Kier molecular flexibility index (Phi) is 2.99. The molecule has 0 radical (unpaired) electrons. The van der Waals surface area contributed by atoms with Crippen molar-refractivity contribution in [3.05, 3.63) is 39.6 Å². The van der Waals surface area contributed by atoms with Crippen LogP contribution in [0.4, 0.5) is 0 Å². The third-order valence-corrected chi connectivity index (χ3v) is 4.34. The summed E-state index contributed by atoms with van der Waals surface area (Å²) in [6.45, 7) is 5.96. The predicted molar refractivity (Wildman–Crippen MR) is 79.9 cm³/mol. The molecule has 0 saturated carbocycles. The van der Waals surface area contributed by atoms with Gasteiger partial charge in [-0.2, -0.15) is 0 Å². The molecule has 0 aliphatic rings. The standard InChI is InChI=1S/C14H12ClN3S/c1-7-5-4-6-10-11(7)13(15)18-14(17-10)12-8(2)16-9(3)19-12/h4-6H,1-3H3. The van der Waals surface area contributed by atoms with E-state index in [9.17, 15) is 0 Å². The van der Waals surface area contributed by atoms with Crippen LogP contribution in [0.3, 0.4) is 0 Å². The summed E-state index contributed by atoms with van der Waals surface area (Å²) < 4.78 is 0. The summed E-state index contributed by atoms with van der Waals surface area (Å²) in [7, 11) is 0. The minimum Gasteiger partial charge on any atom is -0.246 e. The molecular formula is C14H12ClN3S. The van der Waals surface area contributed by atoms with Crippen LogP contribution in [0.1, 0.15) is 16.3 Å². The van der Waals surface area contributed by atoms with Crippen molar-refractivity contribution in [2.75, 3.05) is 0 Å². The Morgan fingerprint density at radius 2 is 1.84 bits per heavy atom. The summed E-state index contributed by atoms with van der Waals surface area (Å²) >= 11 is 7.90. The van der Waals surface area contributed by atoms with Crippen molar-refractivity contribution in [2.45, 2.75) is 20.8 Å². The summed E-state index contributed by atoms with van der Waals surface area (Å²) in [5.41, 5.74) is 2.91. The molecule has 0 unspecified atom stereocenters. The van der Waals surface area contributed by atoms with Crippen LogP contribution in [0, 0.1) is 20.8 Å². The van der Waals surface area contributed by atoms with Crippen LogP contribution in [0.2, 0.25) is 5.15 Å². The van der Waals surface area contributed by atoms with Gasteiger partial charge in [0, 0.05) is 5.39 Å². The summed E-state index contributed by atoms with van der Waals surface area (Å²) in [6, 6.07) is 5.96. The first kappa shape index (κ1) is 12.5.